The molecular formula is C25H21ClN2O3S. The lowest BCUT2D eigenvalue weighted by atomic mass is 9.91. The Morgan fingerprint density at radius 2 is 1.41 bits per heavy atom. The molecule has 0 radical (unpaired) electrons. The third kappa shape index (κ3) is 4.66. The number of alkyl halides is 1. The second-order valence-corrected chi connectivity index (χ2v) is 9.25. The molecule has 0 unspecified atom stereocenters. The highest BCUT2D eigenvalue weighted by Gasteiger charge is 2.29. The van der Waals surface area contributed by atoms with Crippen LogP contribution in [-0.4, -0.2) is 37.2 Å². The van der Waals surface area contributed by atoms with Gasteiger partial charge in [-0.1, -0.05) is 72.8 Å². The van der Waals surface area contributed by atoms with Crippen molar-refractivity contribution in [3.05, 3.63) is 113 Å². The highest BCUT2D eigenvalue weighted by atomic mass is 35.5. The van der Waals surface area contributed by atoms with E-state index in [4.69, 9.17) is 11.6 Å². The molecule has 1 aliphatic carbocycles. The van der Waals surface area contributed by atoms with E-state index < -0.39 is 10.0 Å². The van der Waals surface area contributed by atoms with Crippen molar-refractivity contribution in [2.45, 2.75) is 11.4 Å². The summed E-state index contributed by atoms with van der Waals surface area (Å²) in [5.74, 6) is 0.131. The first-order chi connectivity index (χ1) is 15.5. The summed E-state index contributed by atoms with van der Waals surface area (Å²) in [7, 11) is -3.95. The maximum atomic E-state index is 13.3. The second kappa shape index (κ2) is 9.51. The van der Waals surface area contributed by atoms with Crippen molar-refractivity contribution in [1.82, 2.24) is 4.90 Å². The van der Waals surface area contributed by atoms with Crippen LogP contribution in [-0.2, 0) is 16.6 Å². The van der Waals surface area contributed by atoms with Gasteiger partial charge in [-0.25, -0.2) is 0 Å². The molecular weight excluding hydrogens is 444 g/mol. The Morgan fingerprint density at radius 1 is 0.812 bits per heavy atom. The molecule has 0 saturated carbocycles. The van der Waals surface area contributed by atoms with Crippen LogP contribution in [0.4, 0.5) is 0 Å². The number of sulfonamides is 1. The number of allylic oxidation sites excluding steroid dienone is 2. The van der Waals surface area contributed by atoms with E-state index in [1.807, 2.05) is 35.2 Å². The summed E-state index contributed by atoms with van der Waals surface area (Å²) in [4.78, 5) is 15.3. The predicted octanol–water partition coefficient (Wildman–Crippen LogP) is 4.69. The van der Waals surface area contributed by atoms with E-state index >= 15 is 0 Å². The number of carbonyl (C=O) groups is 1. The third-order valence-electron chi connectivity index (χ3n) is 5.12. The Hall–Kier alpha value is -3.22. The number of ketones is 1. The van der Waals surface area contributed by atoms with Crippen molar-refractivity contribution >= 4 is 33.1 Å². The fraction of sp³-hybridized carbons (Fsp3) is 0.120. The molecule has 3 aromatic carbocycles. The molecule has 0 aliphatic heterocycles. The first-order valence-corrected chi connectivity index (χ1v) is 12.1. The molecule has 0 atom stereocenters. The van der Waals surface area contributed by atoms with Crippen molar-refractivity contribution < 1.29 is 13.2 Å². The van der Waals surface area contributed by atoms with Crippen molar-refractivity contribution in [1.29, 1.82) is 0 Å². The van der Waals surface area contributed by atoms with E-state index in [0.29, 0.717) is 35.8 Å². The Morgan fingerprint density at radius 3 is 2.06 bits per heavy atom. The summed E-state index contributed by atoms with van der Waals surface area (Å²) in [6.07, 6.45) is 1.56. The normalized spacial score (nSPS) is 14.7. The minimum atomic E-state index is -3.95. The van der Waals surface area contributed by atoms with Crippen LogP contribution in [0.1, 0.15) is 21.5 Å². The zero-order chi connectivity index (χ0) is 22.6. The molecule has 0 saturated heterocycles. The summed E-state index contributed by atoms with van der Waals surface area (Å²) >= 11 is 6.05. The molecule has 5 nitrogen and oxygen atoms in total. The predicted molar refractivity (Wildman–Crippen MR) is 127 cm³/mol. The number of benzene rings is 3. The van der Waals surface area contributed by atoms with E-state index in [1.165, 1.54) is 12.1 Å². The van der Waals surface area contributed by atoms with Crippen LogP contribution in [0.2, 0.25) is 0 Å². The van der Waals surface area contributed by atoms with Gasteiger partial charge >= 0.3 is 0 Å². The molecule has 0 heterocycles. The van der Waals surface area contributed by atoms with Crippen LogP contribution in [0, 0.1) is 0 Å². The standard InChI is InChI=1S/C25H21ClN2O3S/c26-15-16-28(18-19-9-3-1-4-10-19)24-17-23(21-13-7-8-14-22(21)25(24)29)27-32(30,31)20-11-5-2-6-12-20/h1-14,17H,15-16,18H2. The van der Waals surface area contributed by atoms with Gasteiger partial charge in [0, 0.05) is 30.1 Å². The number of hydrogen-bond acceptors (Lipinski definition) is 4. The molecule has 1 aliphatic rings. The van der Waals surface area contributed by atoms with E-state index in [2.05, 4.69) is 4.40 Å². The van der Waals surface area contributed by atoms with Gasteiger partial charge in [-0.2, -0.15) is 12.8 Å². The Kier molecular flexibility index (Phi) is 6.53. The first-order valence-electron chi connectivity index (χ1n) is 10.1. The van der Waals surface area contributed by atoms with Gasteiger partial charge in [-0.05, 0) is 23.8 Å². The Labute approximate surface area is 192 Å². The van der Waals surface area contributed by atoms with Gasteiger partial charge in [-0.15, -0.1) is 11.6 Å². The molecule has 0 bridgehead atoms. The number of halogens is 1. The van der Waals surface area contributed by atoms with Crippen molar-refractivity contribution in [2.75, 3.05) is 12.4 Å². The molecule has 0 N–H and O–H groups in total. The van der Waals surface area contributed by atoms with Crippen LogP contribution >= 0.6 is 11.6 Å². The smallest absolute Gasteiger partial charge is 0.282 e. The van der Waals surface area contributed by atoms with Gasteiger partial charge in [-0.3, -0.25) is 4.79 Å². The lowest BCUT2D eigenvalue weighted by Gasteiger charge is -2.29. The maximum absolute atomic E-state index is 13.3. The lowest BCUT2D eigenvalue weighted by molar-refractivity contribution is 0.0989. The van der Waals surface area contributed by atoms with E-state index in [-0.39, 0.29) is 16.4 Å². The molecule has 7 heteroatoms. The lowest BCUT2D eigenvalue weighted by Crippen LogP contribution is -2.33. The zero-order valence-corrected chi connectivity index (χ0v) is 18.8. The molecule has 0 aromatic heterocycles. The van der Waals surface area contributed by atoms with Crippen LogP contribution < -0.4 is 0 Å². The number of hydrogen-bond donors (Lipinski definition) is 0. The molecule has 4 rings (SSSR count). The molecule has 162 valence electrons. The average Bonchev–Trinajstić information content (AvgIpc) is 2.82. The summed E-state index contributed by atoms with van der Waals surface area (Å²) in [5.41, 5.74) is 2.52. The minimum absolute atomic E-state index is 0.0960. The maximum Gasteiger partial charge on any atom is 0.282 e. The number of nitrogens with zero attached hydrogens (tertiary/aromatic N) is 2. The van der Waals surface area contributed by atoms with E-state index in [0.717, 1.165) is 5.56 Å². The van der Waals surface area contributed by atoms with Gasteiger partial charge in [0.25, 0.3) is 10.0 Å². The average molecular weight is 465 g/mol. The van der Waals surface area contributed by atoms with Crippen molar-refractivity contribution in [3.63, 3.8) is 0 Å². The van der Waals surface area contributed by atoms with Crippen LogP contribution in [0.25, 0.3) is 0 Å². The largest absolute Gasteiger partial charge is 0.363 e. The van der Waals surface area contributed by atoms with E-state index in [9.17, 15) is 13.2 Å². The van der Waals surface area contributed by atoms with Crippen LogP contribution in [0.15, 0.2) is 106 Å². The fourth-order valence-electron chi connectivity index (χ4n) is 3.59. The number of carbonyl (C=O) groups excluding carboxylic acids is 1. The topological polar surface area (TPSA) is 66.8 Å². The van der Waals surface area contributed by atoms with Crippen molar-refractivity contribution in [2.24, 2.45) is 4.40 Å². The molecule has 3 aromatic rings. The highest BCUT2D eigenvalue weighted by Crippen LogP contribution is 2.26. The monoisotopic (exact) mass is 464 g/mol. The second-order valence-electron chi connectivity index (χ2n) is 7.27. The zero-order valence-electron chi connectivity index (χ0n) is 17.2. The molecule has 0 amide bonds. The SMILES string of the molecule is O=C1C(N(CCCl)Cc2ccccc2)=CC(=NS(=O)(=O)c2ccccc2)c2ccccc21. The summed E-state index contributed by atoms with van der Waals surface area (Å²) in [6, 6.07) is 24.7. The Bertz CT molecular complexity index is 1290. The number of Topliss-reactive ketones (excluding diaryl/α,β-unsaturated/α-hetero) is 1. The van der Waals surface area contributed by atoms with Gasteiger partial charge in [0.05, 0.1) is 16.3 Å². The fourth-order valence-corrected chi connectivity index (χ4v) is 4.81. The highest BCUT2D eigenvalue weighted by molar-refractivity contribution is 7.90. The quantitative estimate of drug-likeness (QED) is 0.476. The Balaban J connectivity index is 1.82. The van der Waals surface area contributed by atoms with Crippen LogP contribution in [0.5, 0.6) is 0 Å². The van der Waals surface area contributed by atoms with Gasteiger partial charge in [0.15, 0.2) is 0 Å². The van der Waals surface area contributed by atoms with Gasteiger partial charge in [0.2, 0.25) is 5.78 Å². The third-order valence-corrected chi connectivity index (χ3v) is 6.60. The minimum Gasteiger partial charge on any atom is -0.363 e. The molecule has 0 fully saturated rings. The van der Waals surface area contributed by atoms with E-state index in [1.54, 1.807) is 48.5 Å². The summed E-state index contributed by atoms with van der Waals surface area (Å²) < 4.78 is 30.0. The van der Waals surface area contributed by atoms with Crippen molar-refractivity contribution in [3.8, 4) is 0 Å². The summed E-state index contributed by atoms with van der Waals surface area (Å²) in [6.45, 7) is 0.890. The first kappa shape index (κ1) is 22.0. The number of fused-ring (bicyclic) bond motifs is 1. The number of rotatable bonds is 7. The molecule has 32 heavy (non-hydrogen) atoms. The van der Waals surface area contributed by atoms with Gasteiger partial charge < -0.3 is 4.90 Å². The summed E-state index contributed by atoms with van der Waals surface area (Å²) in [5, 5.41) is 0. The van der Waals surface area contributed by atoms with Gasteiger partial charge in [0.1, 0.15) is 0 Å². The molecule has 0 spiro atoms. The van der Waals surface area contributed by atoms with Crippen LogP contribution in [0.3, 0.4) is 0 Å².